The van der Waals surface area contributed by atoms with E-state index in [4.69, 9.17) is 16.3 Å². The maximum absolute atomic E-state index is 12.0. The largest absolute Gasteiger partial charge is 0.466 e. The van der Waals surface area contributed by atoms with Crippen LogP contribution >= 0.6 is 11.6 Å². The monoisotopic (exact) mass is 280 g/mol. The first-order chi connectivity index (χ1) is 9.05. The second-order valence-corrected chi connectivity index (χ2v) is 6.04. The predicted octanol–water partition coefficient (Wildman–Crippen LogP) is 4.57. The Morgan fingerprint density at radius 2 is 1.89 bits per heavy atom. The first-order valence-electron chi connectivity index (χ1n) is 6.98. The molecule has 2 nitrogen and oxygen atoms in total. The van der Waals surface area contributed by atoms with Crippen molar-refractivity contribution in [3.8, 4) is 0 Å². The van der Waals surface area contributed by atoms with Crippen molar-refractivity contribution in [2.45, 2.75) is 45.4 Å². The van der Waals surface area contributed by atoms with E-state index in [0.29, 0.717) is 12.5 Å². The van der Waals surface area contributed by atoms with E-state index in [9.17, 15) is 4.79 Å². The molecular formula is C16H21ClO2. The van der Waals surface area contributed by atoms with Gasteiger partial charge in [0.15, 0.2) is 0 Å². The Labute approximate surface area is 120 Å². The highest BCUT2D eigenvalue weighted by Crippen LogP contribution is 2.43. The summed E-state index contributed by atoms with van der Waals surface area (Å²) in [6.45, 7) is 4.36. The molecule has 2 rings (SSSR count). The fraction of sp³-hybridized carbons (Fsp3) is 0.562. The molecule has 0 spiro atoms. The third kappa shape index (κ3) is 3.30. The van der Waals surface area contributed by atoms with E-state index < -0.39 is 0 Å². The standard InChI is InChI=1S/C16H21ClO2/c1-3-19-15(18)16(2)10-8-13(9-11-16)12-4-6-14(17)7-5-12/h4-7,13H,3,8-11H2,1-2H3. The fourth-order valence-electron chi connectivity index (χ4n) is 2.83. The number of ether oxygens (including phenoxy) is 1. The number of hydrogen-bond donors (Lipinski definition) is 0. The summed E-state index contributed by atoms with van der Waals surface area (Å²) in [4.78, 5) is 12.0. The Morgan fingerprint density at radius 3 is 2.42 bits per heavy atom. The third-order valence-electron chi connectivity index (χ3n) is 4.20. The zero-order valence-corrected chi connectivity index (χ0v) is 12.4. The Balaban J connectivity index is 1.99. The Hall–Kier alpha value is -1.02. The minimum Gasteiger partial charge on any atom is -0.466 e. The van der Waals surface area contributed by atoms with Gasteiger partial charge in [-0.25, -0.2) is 0 Å². The maximum Gasteiger partial charge on any atom is 0.311 e. The van der Waals surface area contributed by atoms with Crippen molar-refractivity contribution in [3.63, 3.8) is 0 Å². The zero-order chi connectivity index (χ0) is 13.9. The lowest BCUT2D eigenvalue weighted by Crippen LogP contribution is -2.33. The van der Waals surface area contributed by atoms with Crippen molar-refractivity contribution in [1.82, 2.24) is 0 Å². The molecule has 0 N–H and O–H groups in total. The lowest BCUT2D eigenvalue weighted by Gasteiger charge is -2.35. The average molecular weight is 281 g/mol. The van der Waals surface area contributed by atoms with E-state index in [1.165, 1.54) is 5.56 Å². The quantitative estimate of drug-likeness (QED) is 0.758. The van der Waals surface area contributed by atoms with Gasteiger partial charge in [0, 0.05) is 5.02 Å². The van der Waals surface area contributed by atoms with E-state index in [1.54, 1.807) is 0 Å². The van der Waals surface area contributed by atoms with E-state index in [-0.39, 0.29) is 11.4 Å². The molecule has 104 valence electrons. The molecule has 1 aromatic carbocycles. The number of rotatable bonds is 3. The van der Waals surface area contributed by atoms with Gasteiger partial charge >= 0.3 is 5.97 Å². The number of carbonyl (C=O) groups excluding carboxylic acids is 1. The van der Waals surface area contributed by atoms with Crippen molar-refractivity contribution < 1.29 is 9.53 Å². The van der Waals surface area contributed by atoms with Crippen LogP contribution in [0.15, 0.2) is 24.3 Å². The average Bonchev–Trinajstić information content (AvgIpc) is 2.41. The van der Waals surface area contributed by atoms with Crippen LogP contribution in [0.4, 0.5) is 0 Å². The first kappa shape index (κ1) is 14.4. The van der Waals surface area contributed by atoms with E-state index in [2.05, 4.69) is 12.1 Å². The second-order valence-electron chi connectivity index (χ2n) is 5.61. The van der Waals surface area contributed by atoms with Gasteiger partial charge in [0.2, 0.25) is 0 Å². The van der Waals surface area contributed by atoms with Gasteiger partial charge in [-0.2, -0.15) is 0 Å². The normalized spacial score (nSPS) is 27.0. The van der Waals surface area contributed by atoms with Crippen LogP contribution in [0.2, 0.25) is 5.02 Å². The predicted molar refractivity (Wildman–Crippen MR) is 77.4 cm³/mol. The van der Waals surface area contributed by atoms with Gasteiger partial charge in [-0.1, -0.05) is 23.7 Å². The minimum atomic E-state index is -0.293. The summed E-state index contributed by atoms with van der Waals surface area (Å²) < 4.78 is 5.18. The van der Waals surface area contributed by atoms with Gasteiger partial charge in [0.25, 0.3) is 0 Å². The van der Waals surface area contributed by atoms with Crippen LogP contribution in [0.1, 0.15) is 51.0 Å². The Morgan fingerprint density at radius 1 is 1.32 bits per heavy atom. The van der Waals surface area contributed by atoms with Crippen molar-refractivity contribution in [2.24, 2.45) is 5.41 Å². The van der Waals surface area contributed by atoms with Gasteiger partial charge in [-0.3, -0.25) is 4.79 Å². The smallest absolute Gasteiger partial charge is 0.311 e. The molecule has 0 saturated heterocycles. The summed E-state index contributed by atoms with van der Waals surface area (Å²) in [5.74, 6) is 0.504. The highest BCUT2D eigenvalue weighted by Gasteiger charge is 2.38. The number of hydrogen-bond acceptors (Lipinski definition) is 2. The van der Waals surface area contributed by atoms with Gasteiger partial charge in [0.1, 0.15) is 0 Å². The molecule has 3 heteroatoms. The topological polar surface area (TPSA) is 26.3 Å². The molecular weight excluding hydrogens is 260 g/mol. The van der Waals surface area contributed by atoms with Gasteiger partial charge in [-0.05, 0) is 63.1 Å². The van der Waals surface area contributed by atoms with Gasteiger partial charge in [0.05, 0.1) is 12.0 Å². The molecule has 0 bridgehead atoms. The van der Waals surface area contributed by atoms with E-state index >= 15 is 0 Å². The molecule has 1 aromatic rings. The summed E-state index contributed by atoms with van der Waals surface area (Å²) in [6.07, 6.45) is 3.88. The minimum absolute atomic E-state index is 0.0374. The molecule has 19 heavy (non-hydrogen) atoms. The van der Waals surface area contributed by atoms with Gasteiger partial charge < -0.3 is 4.74 Å². The van der Waals surface area contributed by atoms with Crippen LogP contribution in [-0.4, -0.2) is 12.6 Å². The van der Waals surface area contributed by atoms with E-state index in [0.717, 1.165) is 30.7 Å². The lowest BCUT2D eigenvalue weighted by molar-refractivity contribution is -0.156. The molecule has 0 unspecified atom stereocenters. The molecule has 1 aliphatic carbocycles. The van der Waals surface area contributed by atoms with Crippen LogP contribution < -0.4 is 0 Å². The zero-order valence-electron chi connectivity index (χ0n) is 11.6. The van der Waals surface area contributed by atoms with Crippen molar-refractivity contribution in [2.75, 3.05) is 6.61 Å². The van der Waals surface area contributed by atoms with Crippen LogP contribution in [-0.2, 0) is 9.53 Å². The lowest BCUT2D eigenvalue weighted by atomic mass is 9.70. The van der Waals surface area contributed by atoms with Crippen LogP contribution in [0.25, 0.3) is 0 Å². The number of esters is 1. The van der Waals surface area contributed by atoms with E-state index in [1.807, 2.05) is 26.0 Å². The van der Waals surface area contributed by atoms with Crippen molar-refractivity contribution >= 4 is 17.6 Å². The molecule has 0 aliphatic heterocycles. The molecule has 0 heterocycles. The SMILES string of the molecule is CCOC(=O)C1(C)CCC(c2ccc(Cl)cc2)CC1. The Kier molecular flexibility index (Phi) is 4.51. The Bertz CT molecular complexity index is 431. The summed E-state index contributed by atoms with van der Waals surface area (Å²) in [5, 5.41) is 0.774. The highest BCUT2D eigenvalue weighted by atomic mass is 35.5. The first-order valence-corrected chi connectivity index (χ1v) is 7.35. The summed E-state index contributed by atoms with van der Waals surface area (Å²) in [7, 11) is 0. The van der Waals surface area contributed by atoms with Gasteiger partial charge in [-0.15, -0.1) is 0 Å². The molecule has 0 aromatic heterocycles. The molecule has 0 amide bonds. The summed E-state index contributed by atoms with van der Waals surface area (Å²) in [6, 6.07) is 8.08. The third-order valence-corrected chi connectivity index (χ3v) is 4.45. The summed E-state index contributed by atoms with van der Waals surface area (Å²) in [5.41, 5.74) is 1.04. The maximum atomic E-state index is 12.0. The molecule has 0 radical (unpaired) electrons. The van der Waals surface area contributed by atoms with Crippen molar-refractivity contribution in [1.29, 1.82) is 0 Å². The molecule has 1 aliphatic rings. The van der Waals surface area contributed by atoms with Crippen molar-refractivity contribution in [3.05, 3.63) is 34.9 Å². The number of carbonyl (C=O) groups is 1. The number of benzene rings is 1. The second kappa shape index (κ2) is 5.96. The molecule has 0 atom stereocenters. The van der Waals surface area contributed by atoms with Crippen LogP contribution in [0, 0.1) is 5.41 Å². The van der Waals surface area contributed by atoms with Crippen LogP contribution in [0.5, 0.6) is 0 Å². The molecule has 1 saturated carbocycles. The fourth-order valence-corrected chi connectivity index (χ4v) is 2.96. The number of halogens is 1. The highest BCUT2D eigenvalue weighted by molar-refractivity contribution is 6.30. The molecule has 1 fully saturated rings. The van der Waals surface area contributed by atoms with Crippen LogP contribution in [0.3, 0.4) is 0 Å². The summed E-state index contributed by atoms with van der Waals surface area (Å²) >= 11 is 5.91.